The molecule has 1 rings (SSSR count). The molecule has 19 heavy (non-hydrogen) atoms. The molecule has 0 spiro atoms. The highest BCUT2D eigenvalue weighted by atomic mass is 79.9. The minimum atomic E-state index is -0.128. The van der Waals surface area contributed by atoms with Gasteiger partial charge in [-0.1, -0.05) is 49.7 Å². The molecule has 0 saturated heterocycles. The Morgan fingerprint density at radius 3 is 2.53 bits per heavy atom. The summed E-state index contributed by atoms with van der Waals surface area (Å²) in [5.41, 5.74) is 1.03. The third kappa shape index (κ3) is 5.62. The standard InChI is InChI=1S/C16H25BrFN/c1-5-11-19-14(9-10-16(2,3)4)15-12(17)7-6-8-13(15)18/h6-8,14,19H,5,9-11H2,1-4H3. The van der Waals surface area contributed by atoms with Gasteiger partial charge in [0.2, 0.25) is 0 Å². The van der Waals surface area contributed by atoms with Crippen molar-refractivity contribution in [3.63, 3.8) is 0 Å². The largest absolute Gasteiger partial charge is 0.310 e. The van der Waals surface area contributed by atoms with Gasteiger partial charge in [0.1, 0.15) is 5.82 Å². The zero-order valence-corrected chi connectivity index (χ0v) is 14.0. The first-order valence-electron chi connectivity index (χ1n) is 7.02. The second-order valence-corrected chi connectivity index (χ2v) is 7.10. The molecule has 1 atom stereocenters. The molecule has 1 aromatic rings. The molecule has 0 radical (unpaired) electrons. The van der Waals surface area contributed by atoms with Crippen molar-refractivity contribution in [1.29, 1.82) is 0 Å². The van der Waals surface area contributed by atoms with Crippen LogP contribution in [-0.2, 0) is 0 Å². The number of rotatable bonds is 6. The lowest BCUT2D eigenvalue weighted by atomic mass is 9.87. The molecule has 0 heterocycles. The van der Waals surface area contributed by atoms with Gasteiger partial charge in [-0.2, -0.15) is 0 Å². The molecule has 0 aliphatic carbocycles. The van der Waals surface area contributed by atoms with Crippen molar-refractivity contribution in [2.75, 3.05) is 6.54 Å². The van der Waals surface area contributed by atoms with Gasteiger partial charge in [-0.05, 0) is 43.4 Å². The molecule has 0 aromatic heterocycles. The summed E-state index contributed by atoms with van der Waals surface area (Å²) in [7, 11) is 0. The zero-order chi connectivity index (χ0) is 14.5. The second kappa shape index (κ2) is 7.39. The van der Waals surface area contributed by atoms with E-state index >= 15 is 0 Å². The molecule has 1 nitrogen and oxygen atoms in total. The first-order chi connectivity index (χ1) is 8.85. The second-order valence-electron chi connectivity index (χ2n) is 6.24. The number of nitrogens with one attached hydrogen (secondary N) is 1. The van der Waals surface area contributed by atoms with E-state index in [2.05, 4.69) is 48.9 Å². The summed E-state index contributed by atoms with van der Waals surface area (Å²) in [5.74, 6) is -0.128. The highest BCUT2D eigenvalue weighted by molar-refractivity contribution is 9.10. The Kier molecular flexibility index (Phi) is 6.48. The lowest BCUT2D eigenvalue weighted by Crippen LogP contribution is -2.25. The van der Waals surface area contributed by atoms with E-state index in [1.165, 1.54) is 6.07 Å². The van der Waals surface area contributed by atoms with E-state index in [1.807, 2.05) is 6.07 Å². The van der Waals surface area contributed by atoms with Gasteiger partial charge in [0, 0.05) is 16.1 Å². The van der Waals surface area contributed by atoms with Crippen LogP contribution in [0, 0.1) is 11.2 Å². The lowest BCUT2D eigenvalue weighted by Gasteiger charge is -2.25. The molecular formula is C16H25BrFN. The van der Waals surface area contributed by atoms with Crippen LogP contribution < -0.4 is 5.32 Å². The van der Waals surface area contributed by atoms with E-state index in [-0.39, 0.29) is 17.3 Å². The van der Waals surface area contributed by atoms with Crippen LogP contribution in [0.2, 0.25) is 0 Å². The summed E-state index contributed by atoms with van der Waals surface area (Å²) in [6.07, 6.45) is 3.07. The maximum atomic E-state index is 14.1. The Bertz CT molecular complexity index is 378. The predicted octanol–water partition coefficient (Wildman–Crippen LogP) is 5.46. The monoisotopic (exact) mass is 329 g/mol. The first-order valence-corrected chi connectivity index (χ1v) is 7.81. The molecule has 0 amide bonds. The van der Waals surface area contributed by atoms with E-state index in [9.17, 15) is 4.39 Å². The van der Waals surface area contributed by atoms with Gasteiger partial charge in [-0.25, -0.2) is 4.39 Å². The van der Waals surface area contributed by atoms with Gasteiger partial charge in [0.15, 0.2) is 0 Å². The van der Waals surface area contributed by atoms with Crippen molar-refractivity contribution in [2.45, 2.75) is 53.0 Å². The fraction of sp³-hybridized carbons (Fsp3) is 0.625. The van der Waals surface area contributed by atoms with Crippen molar-refractivity contribution in [3.8, 4) is 0 Å². The van der Waals surface area contributed by atoms with Gasteiger partial charge in [0.05, 0.1) is 0 Å². The van der Waals surface area contributed by atoms with Crippen molar-refractivity contribution < 1.29 is 4.39 Å². The maximum absolute atomic E-state index is 14.1. The van der Waals surface area contributed by atoms with Crippen LogP contribution in [0.3, 0.4) is 0 Å². The van der Waals surface area contributed by atoms with Crippen molar-refractivity contribution in [1.82, 2.24) is 5.32 Å². The SMILES string of the molecule is CCCNC(CCC(C)(C)C)c1c(F)cccc1Br. The van der Waals surface area contributed by atoms with Crippen LogP contribution >= 0.6 is 15.9 Å². The molecule has 0 aliphatic heterocycles. The molecule has 1 aromatic carbocycles. The Hall–Kier alpha value is -0.410. The Labute approximate surface area is 125 Å². The van der Waals surface area contributed by atoms with Crippen LogP contribution in [0.4, 0.5) is 4.39 Å². The summed E-state index contributed by atoms with van der Waals surface area (Å²) in [5, 5.41) is 3.47. The Balaban J connectivity index is 2.89. The van der Waals surface area contributed by atoms with E-state index in [4.69, 9.17) is 0 Å². The number of benzene rings is 1. The molecule has 1 N–H and O–H groups in total. The predicted molar refractivity (Wildman–Crippen MR) is 83.8 cm³/mol. The van der Waals surface area contributed by atoms with Crippen LogP contribution in [0.15, 0.2) is 22.7 Å². The Morgan fingerprint density at radius 1 is 1.32 bits per heavy atom. The van der Waals surface area contributed by atoms with Gasteiger partial charge < -0.3 is 5.32 Å². The molecule has 0 saturated carbocycles. The van der Waals surface area contributed by atoms with Crippen molar-refractivity contribution >= 4 is 15.9 Å². The summed E-state index contributed by atoms with van der Waals surface area (Å²) in [6, 6.07) is 5.27. The number of halogens is 2. The fourth-order valence-electron chi connectivity index (χ4n) is 2.09. The van der Waals surface area contributed by atoms with Gasteiger partial charge in [0.25, 0.3) is 0 Å². The van der Waals surface area contributed by atoms with Gasteiger partial charge >= 0.3 is 0 Å². The van der Waals surface area contributed by atoms with Crippen molar-refractivity contribution in [2.24, 2.45) is 5.41 Å². The molecule has 0 bridgehead atoms. The Morgan fingerprint density at radius 2 is 2.00 bits per heavy atom. The maximum Gasteiger partial charge on any atom is 0.129 e. The summed E-state index contributed by atoms with van der Waals surface area (Å²) in [6.45, 7) is 9.71. The van der Waals surface area contributed by atoms with E-state index < -0.39 is 0 Å². The van der Waals surface area contributed by atoms with Crippen LogP contribution in [0.1, 0.15) is 58.6 Å². The van der Waals surface area contributed by atoms with Crippen LogP contribution in [-0.4, -0.2) is 6.54 Å². The topological polar surface area (TPSA) is 12.0 Å². The minimum Gasteiger partial charge on any atom is -0.310 e. The average Bonchev–Trinajstić information content (AvgIpc) is 2.30. The first kappa shape index (κ1) is 16.6. The third-order valence-corrected chi connectivity index (χ3v) is 3.86. The fourth-order valence-corrected chi connectivity index (χ4v) is 2.71. The van der Waals surface area contributed by atoms with Crippen molar-refractivity contribution in [3.05, 3.63) is 34.1 Å². The van der Waals surface area contributed by atoms with Gasteiger partial charge in [-0.3, -0.25) is 0 Å². The smallest absolute Gasteiger partial charge is 0.129 e. The highest BCUT2D eigenvalue weighted by Gasteiger charge is 2.20. The molecule has 1 unspecified atom stereocenters. The molecular weight excluding hydrogens is 305 g/mol. The third-order valence-electron chi connectivity index (χ3n) is 3.17. The van der Waals surface area contributed by atoms with Crippen LogP contribution in [0.25, 0.3) is 0 Å². The molecule has 108 valence electrons. The van der Waals surface area contributed by atoms with E-state index in [0.717, 1.165) is 35.8 Å². The highest BCUT2D eigenvalue weighted by Crippen LogP contribution is 2.32. The average molecular weight is 330 g/mol. The van der Waals surface area contributed by atoms with E-state index in [0.29, 0.717) is 0 Å². The van der Waals surface area contributed by atoms with E-state index in [1.54, 1.807) is 6.07 Å². The molecule has 3 heteroatoms. The molecule has 0 fully saturated rings. The quantitative estimate of drug-likeness (QED) is 0.731. The number of hydrogen-bond donors (Lipinski definition) is 1. The van der Waals surface area contributed by atoms with Crippen LogP contribution in [0.5, 0.6) is 0 Å². The summed E-state index contributed by atoms with van der Waals surface area (Å²) in [4.78, 5) is 0. The molecule has 0 aliphatic rings. The minimum absolute atomic E-state index is 0.0785. The van der Waals surface area contributed by atoms with Gasteiger partial charge in [-0.15, -0.1) is 0 Å². The summed E-state index contributed by atoms with van der Waals surface area (Å²) >= 11 is 3.48. The normalized spacial score (nSPS) is 13.6. The lowest BCUT2D eigenvalue weighted by molar-refractivity contribution is 0.328. The zero-order valence-electron chi connectivity index (χ0n) is 12.4. The number of hydrogen-bond acceptors (Lipinski definition) is 1. The summed E-state index contributed by atoms with van der Waals surface area (Å²) < 4.78 is 14.9.